The SMILES string of the molecule is CCOC(=O)C(C)(COS(=O)(=O)c1cc(C(F)(F)F)cc(C(F)(F)F)c1)C(=O)OC(C)c1ccc(C)cc1. The number of rotatable bonds is 9. The maximum Gasteiger partial charge on any atom is 0.416 e. The van der Waals surface area contributed by atoms with Gasteiger partial charge in [0.05, 0.1) is 29.2 Å². The van der Waals surface area contributed by atoms with Crippen LogP contribution in [0.3, 0.4) is 0 Å². The summed E-state index contributed by atoms with van der Waals surface area (Å²) in [6, 6.07) is 6.37. The van der Waals surface area contributed by atoms with Gasteiger partial charge in [0.25, 0.3) is 10.1 Å². The smallest absolute Gasteiger partial charge is 0.416 e. The predicted molar refractivity (Wildman–Crippen MR) is 120 cm³/mol. The van der Waals surface area contributed by atoms with Crippen molar-refractivity contribution in [1.29, 1.82) is 0 Å². The minimum atomic E-state index is -5.34. The summed E-state index contributed by atoms with van der Waals surface area (Å²) in [6.07, 6.45) is -11.6. The largest absolute Gasteiger partial charge is 0.465 e. The third-order valence-corrected chi connectivity index (χ3v) is 6.60. The average Bonchev–Trinajstić information content (AvgIpc) is 2.81. The lowest BCUT2D eigenvalue weighted by Crippen LogP contribution is -2.44. The minimum Gasteiger partial charge on any atom is -0.465 e. The predicted octanol–water partition coefficient (Wildman–Crippen LogP) is 5.61. The van der Waals surface area contributed by atoms with Gasteiger partial charge in [-0.3, -0.25) is 13.8 Å². The average molecular weight is 571 g/mol. The first-order chi connectivity index (χ1) is 17.3. The van der Waals surface area contributed by atoms with Crippen molar-refractivity contribution in [3.05, 3.63) is 64.7 Å². The molecule has 2 atom stereocenters. The van der Waals surface area contributed by atoms with Crippen molar-refractivity contribution in [2.24, 2.45) is 5.41 Å². The van der Waals surface area contributed by atoms with Crippen LogP contribution < -0.4 is 0 Å². The van der Waals surface area contributed by atoms with Gasteiger partial charge in [-0.2, -0.15) is 34.8 Å². The molecule has 14 heteroatoms. The molecular weight excluding hydrogens is 546 g/mol. The zero-order valence-electron chi connectivity index (χ0n) is 20.6. The number of benzene rings is 2. The number of carbonyl (C=O) groups is 2. The highest BCUT2D eigenvalue weighted by Crippen LogP contribution is 2.38. The summed E-state index contributed by atoms with van der Waals surface area (Å²) in [5.41, 5.74) is -4.81. The van der Waals surface area contributed by atoms with Gasteiger partial charge in [-0.1, -0.05) is 29.8 Å². The van der Waals surface area contributed by atoms with Crippen LogP contribution in [-0.2, 0) is 45.7 Å². The van der Waals surface area contributed by atoms with Crippen molar-refractivity contribution in [2.45, 2.75) is 51.0 Å². The summed E-state index contributed by atoms with van der Waals surface area (Å²) >= 11 is 0. The van der Waals surface area contributed by atoms with E-state index in [1.54, 1.807) is 24.3 Å². The normalized spacial score (nSPS) is 14.9. The molecule has 0 saturated heterocycles. The van der Waals surface area contributed by atoms with Crippen LogP contribution in [0.25, 0.3) is 0 Å². The Morgan fingerprint density at radius 3 is 1.84 bits per heavy atom. The number of hydrogen-bond donors (Lipinski definition) is 0. The first-order valence-electron chi connectivity index (χ1n) is 10.9. The van der Waals surface area contributed by atoms with Gasteiger partial charge in [0.15, 0.2) is 5.41 Å². The second-order valence-electron chi connectivity index (χ2n) is 8.47. The van der Waals surface area contributed by atoms with Crippen LogP contribution in [-0.4, -0.2) is 33.6 Å². The molecule has 0 saturated carbocycles. The highest BCUT2D eigenvalue weighted by Gasteiger charge is 2.47. The lowest BCUT2D eigenvalue weighted by Gasteiger charge is -2.26. The highest BCUT2D eigenvalue weighted by molar-refractivity contribution is 7.86. The van der Waals surface area contributed by atoms with Gasteiger partial charge >= 0.3 is 24.3 Å². The molecule has 0 aromatic heterocycles. The molecule has 0 heterocycles. The summed E-state index contributed by atoms with van der Waals surface area (Å²) in [4.78, 5) is 24.1. The van der Waals surface area contributed by atoms with E-state index in [-0.39, 0.29) is 24.8 Å². The number of alkyl halides is 6. The van der Waals surface area contributed by atoms with E-state index in [0.29, 0.717) is 5.56 Å². The molecule has 0 bridgehead atoms. The fraction of sp³-hybridized carbons (Fsp3) is 0.417. The van der Waals surface area contributed by atoms with E-state index in [1.165, 1.54) is 13.8 Å². The molecule has 210 valence electrons. The standard InChI is InChI=1S/C24H24F6O7S/c1-5-35-20(31)22(4,21(32)37-15(3)16-8-6-14(2)7-9-16)13-36-38(33,34)19-11-17(23(25,26)27)10-18(12-19)24(28,29)30/h6-12,15H,5,13H2,1-4H3. The van der Waals surface area contributed by atoms with Crippen LogP contribution >= 0.6 is 0 Å². The number of halogens is 6. The van der Waals surface area contributed by atoms with Crippen LogP contribution in [0.5, 0.6) is 0 Å². The van der Waals surface area contributed by atoms with E-state index in [9.17, 15) is 44.3 Å². The lowest BCUT2D eigenvalue weighted by atomic mass is 9.92. The van der Waals surface area contributed by atoms with Gasteiger partial charge in [-0.25, -0.2) is 0 Å². The molecule has 2 unspecified atom stereocenters. The van der Waals surface area contributed by atoms with E-state index in [4.69, 9.17) is 9.47 Å². The van der Waals surface area contributed by atoms with E-state index in [1.807, 2.05) is 6.92 Å². The first kappa shape index (κ1) is 31.1. The fourth-order valence-electron chi connectivity index (χ4n) is 3.02. The highest BCUT2D eigenvalue weighted by atomic mass is 32.2. The molecule has 2 aromatic carbocycles. The van der Waals surface area contributed by atoms with Gasteiger partial charge in [-0.05, 0) is 51.5 Å². The molecule has 0 amide bonds. The summed E-state index contributed by atoms with van der Waals surface area (Å²) in [5.74, 6) is -2.57. The van der Waals surface area contributed by atoms with E-state index >= 15 is 0 Å². The van der Waals surface area contributed by atoms with Crippen LogP contribution in [0.4, 0.5) is 26.3 Å². The Morgan fingerprint density at radius 2 is 1.39 bits per heavy atom. The molecule has 0 radical (unpaired) electrons. The number of esters is 2. The minimum absolute atomic E-state index is 0.0515. The molecule has 0 aliphatic rings. The van der Waals surface area contributed by atoms with Gasteiger partial charge in [0.1, 0.15) is 6.10 Å². The molecule has 0 fully saturated rings. The number of hydrogen-bond acceptors (Lipinski definition) is 7. The van der Waals surface area contributed by atoms with Gasteiger partial charge in [0, 0.05) is 0 Å². The molecule has 7 nitrogen and oxygen atoms in total. The Labute approximate surface area is 214 Å². The zero-order valence-corrected chi connectivity index (χ0v) is 21.4. The quantitative estimate of drug-likeness (QED) is 0.167. The summed E-state index contributed by atoms with van der Waals surface area (Å²) in [5, 5.41) is 0. The maximum atomic E-state index is 13.2. The van der Waals surface area contributed by atoms with Crippen molar-refractivity contribution in [3.8, 4) is 0 Å². The van der Waals surface area contributed by atoms with Crippen LogP contribution in [0, 0.1) is 12.3 Å². The summed E-state index contributed by atoms with van der Waals surface area (Å²) in [7, 11) is -5.34. The monoisotopic (exact) mass is 570 g/mol. The lowest BCUT2D eigenvalue weighted by molar-refractivity contribution is -0.176. The van der Waals surface area contributed by atoms with Crippen molar-refractivity contribution < 1.29 is 58.0 Å². The van der Waals surface area contributed by atoms with Gasteiger partial charge in [0.2, 0.25) is 0 Å². The second kappa shape index (κ2) is 11.3. The Morgan fingerprint density at radius 1 is 0.895 bits per heavy atom. The van der Waals surface area contributed by atoms with Crippen LogP contribution in [0.1, 0.15) is 49.1 Å². The van der Waals surface area contributed by atoms with Crippen molar-refractivity contribution in [3.63, 3.8) is 0 Å². The van der Waals surface area contributed by atoms with Gasteiger partial charge in [-0.15, -0.1) is 0 Å². The Bertz CT molecular complexity index is 1240. The van der Waals surface area contributed by atoms with E-state index < -0.39 is 68.6 Å². The van der Waals surface area contributed by atoms with Crippen LogP contribution in [0.2, 0.25) is 0 Å². The summed E-state index contributed by atoms with van der Waals surface area (Å²) in [6.45, 7) is 4.01. The molecule has 0 N–H and O–H groups in total. The third kappa shape index (κ3) is 7.47. The maximum absolute atomic E-state index is 13.2. The van der Waals surface area contributed by atoms with E-state index in [2.05, 4.69) is 4.18 Å². The van der Waals surface area contributed by atoms with Crippen molar-refractivity contribution >= 4 is 22.1 Å². The molecule has 0 spiro atoms. The molecule has 2 aromatic rings. The number of aryl methyl sites for hydroxylation is 1. The Kier molecular flexibility index (Phi) is 9.26. The summed E-state index contributed by atoms with van der Waals surface area (Å²) < 4.78 is 119. The molecule has 0 aliphatic heterocycles. The molecule has 2 rings (SSSR count). The molecule has 0 aliphatic carbocycles. The van der Waals surface area contributed by atoms with E-state index in [0.717, 1.165) is 12.5 Å². The van der Waals surface area contributed by atoms with Gasteiger partial charge < -0.3 is 9.47 Å². The Hall–Kier alpha value is -3.13. The van der Waals surface area contributed by atoms with Crippen LogP contribution in [0.15, 0.2) is 47.4 Å². The molecule has 38 heavy (non-hydrogen) atoms. The van der Waals surface area contributed by atoms with Crippen molar-refractivity contribution in [2.75, 3.05) is 13.2 Å². The Balaban J connectivity index is 2.40. The first-order valence-corrected chi connectivity index (χ1v) is 12.4. The topological polar surface area (TPSA) is 96.0 Å². The van der Waals surface area contributed by atoms with Crippen molar-refractivity contribution in [1.82, 2.24) is 0 Å². The number of carbonyl (C=O) groups excluding carboxylic acids is 2. The second-order valence-corrected chi connectivity index (χ2v) is 10.1. The molecular formula is C24H24F6O7S. The number of ether oxygens (including phenoxy) is 2. The zero-order chi connectivity index (χ0) is 29.1. The fourth-order valence-corrected chi connectivity index (χ4v) is 4.09. The third-order valence-electron chi connectivity index (χ3n) is 5.36.